The Labute approximate surface area is 125 Å². The summed E-state index contributed by atoms with van der Waals surface area (Å²) >= 11 is 0. The molecular formula is C20H19N. The van der Waals surface area contributed by atoms with Crippen molar-refractivity contribution in [3.63, 3.8) is 0 Å². The highest BCUT2D eigenvalue weighted by molar-refractivity contribution is 6.07. The fourth-order valence-electron chi connectivity index (χ4n) is 2.80. The maximum atomic E-state index is 4.10. The predicted octanol–water partition coefficient (Wildman–Crippen LogP) is 5.48. The molecule has 0 saturated heterocycles. The Morgan fingerprint density at radius 2 is 1.43 bits per heavy atom. The lowest BCUT2D eigenvalue weighted by Gasteiger charge is -2.09. The van der Waals surface area contributed by atoms with E-state index in [4.69, 9.17) is 0 Å². The van der Waals surface area contributed by atoms with Crippen molar-refractivity contribution in [1.29, 1.82) is 0 Å². The van der Waals surface area contributed by atoms with Gasteiger partial charge in [0.15, 0.2) is 0 Å². The molecule has 0 aliphatic rings. The molecule has 3 rings (SSSR count). The second-order valence-electron chi connectivity index (χ2n) is 5.27. The summed E-state index contributed by atoms with van der Waals surface area (Å²) in [6.45, 7) is 12.7. The van der Waals surface area contributed by atoms with E-state index in [-0.39, 0.29) is 0 Å². The number of nitrogens with zero attached hydrogens (tertiary/aromatic N) is 1. The smallest absolute Gasteiger partial charge is 0.0491 e. The number of hydrogen-bond acceptors (Lipinski definition) is 0. The highest BCUT2D eigenvalue weighted by atomic mass is 15.0. The number of aromatic nitrogens is 1. The lowest BCUT2D eigenvalue weighted by Crippen LogP contribution is -1.99. The maximum absolute atomic E-state index is 4.10. The van der Waals surface area contributed by atoms with Gasteiger partial charge in [0.25, 0.3) is 0 Å². The largest absolute Gasteiger partial charge is 0.340 e. The Morgan fingerprint density at radius 1 is 0.905 bits per heavy atom. The Bertz CT molecular complexity index is 795. The van der Waals surface area contributed by atoms with Gasteiger partial charge in [-0.05, 0) is 29.7 Å². The van der Waals surface area contributed by atoms with Crippen LogP contribution in [0.25, 0.3) is 21.8 Å². The quantitative estimate of drug-likeness (QED) is 0.542. The van der Waals surface area contributed by atoms with Gasteiger partial charge in [-0.25, -0.2) is 0 Å². The van der Waals surface area contributed by atoms with Crippen LogP contribution in [0, 0.1) is 0 Å². The Morgan fingerprint density at radius 3 is 1.95 bits per heavy atom. The summed E-state index contributed by atoms with van der Waals surface area (Å²) in [6, 6.07) is 17.1. The van der Waals surface area contributed by atoms with Crippen LogP contribution in [0.15, 0.2) is 85.5 Å². The molecule has 3 aromatic rings. The molecule has 0 aliphatic heterocycles. The lowest BCUT2D eigenvalue weighted by atomic mass is 10.1. The number of fused-ring (bicyclic) bond motifs is 3. The molecule has 0 N–H and O–H groups in total. The fourth-order valence-corrected chi connectivity index (χ4v) is 2.80. The standard InChI is InChI=1S/C20H19N/c1-4-15(2)16(3)13-14-21-19-11-7-5-9-17(19)18-10-6-8-12-20(18)21/h4-12H,1-3,13-14H2. The summed E-state index contributed by atoms with van der Waals surface area (Å²) in [4.78, 5) is 0. The van der Waals surface area contributed by atoms with E-state index in [1.807, 2.05) is 0 Å². The van der Waals surface area contributed by atoms with E-state index in [0.29, 0.717) is 0 Å². The number of allylic oxidation sites excluding steroid dienone is 3. The molecule has 0 bridgehead atoms. The molecule has 0 amide bonds. The van der Waals surface area contributed by atoms with Crippen LogP contribution in [0.5, 0.6) is 0 Å². The minimum absolute atomic E-state index is 0.882. The zero-order chi connectivity index (χ0) is 14.8. The summed E-state index contributed by atoms with van der Waals surface area (Å²) in [6.07, 6.45) is 2.65. The first-order valence-corrected chi connectivity index (χ1v) is 7.18. The third-order valence-corrected chi connectivity index (χ3v) is 4.02. The third kappa shape index (κ3) is 2.31. The summed E-state index contributed by atoms with van der Waals surface area (Å²) in [5.41, 5.74) is 4.52. The molecule has 0 atom stereocenters. The normalized spacial score (nSPS) is 10.9. The van der Waals surface area contributed by atoms with Crippen LogP contribution in [0.4, 0.5) is 0 Å². The second-order valence-corrected chi connectivity index (χ2v) is 5.27. The molecule has 0 spiro atoms. The molecule has 0 radical (unpaired) electrons. The molecular weight excluding hydrogens is 254 g/mol. The summed E-state index contributed by atoms with van der Waals surface area (Å²) in [7, 11) is 0. The van der Waals surface area contributed by atoms with Gasteiger partial charge in [-0.3, -0.25) is 0 Å². The van der Waals surface area contributed by atoms with Crippen LogP contribution in [-0.4, -0.2) is 4.57 Å². The highest BCUT2D eigenvalue weighted by Gasteiger charge is 2.09. The van der Waals surface area contributed by atoms with Gasteiger partial charge in [-0.1, -0.05) is 62.2 Å². The van der Waals surface area contributed by atoms with E-state index in [0.717, 1.165) is 24.1 Å². The number of benzene rings is 2. The van der Waals surface area contributed by atoms with Gasteiger partial charge in [0.05, 0.1) is 0 Å². The molecule has 1 heterocycles. The topological polar surface area (TPSA) is 4.93 Å². The first-order valence-electron chi connectivity index (χ1n) is 7.18. The van der Waals surface area contributed by atoms with E-state index in [1.54, 1.807) is 6.08 Å². The molecule has 0 unspecified atom stereocenters. The van der Waals surface area contributed by atoms with Gasteiger partial charge in [0.2, 0.25) is 0 Å². The van der Waals surface area contributed by atoms with Crippen molar-refractivity contribution in [2.24, 2.45) is 0 Å². The van der Waals surface area contributed by atoms with E-state index < -0.39 is 0 Å². The van der Waals surface area contributed by atoms with Crippen molar-refractivity contribution < 1.29 is 0 Å². The lowest BCUT2D eigenvalue weighted by molar-refractivity contribution is 0.746. The van der Waals surface area contributed by atoms with E-state index in [2.05, 4.69) is 72.8 Å². The zero-order valence-electron chi connectivity index (χ0n) is 12.2. The van der Waals surface area contributed by atoms with Crippen molar-refractivity contribution in [3.8, 4) is 0 Å². The molecule has 1 aromatic heterocycles. The first-order chi connectivity index (χ1) is 10.2. The monoisotopic (exact) mass is 273 g/mol. The van der Waals surface area contributed by atoms with Gasteiger partial charge >= 0.3 is 0 Å². The van der Waals surface area contributed by atoms with Gasteiger partial charge in [-0.2, -0.15) is 0 Å². The molecule has 0 fully saturated rings. The Hall–Kier alpha value is -2.54. The van der Waals surface area contributed by atoms with Gasteiger partial charge in [0, 0.05) is 28.4 Å². The Balaban J connectivity index is 2.06. The zero-order valence-corrected chi connectivity index (χ0v) is 12.2. The molecule has 2 aromatic carbocycles. The Kier molecular flexibility index (Phi) is 3.49. The average molecular weight is 273 g/mol. The molecule has 0 aliphatic carbocycles. The van der Waals surface area contributed by atoms with E-state index in [9.17, 15) is 0 Å². The van der Waals surface area contributed by atoms with Crippen LogP contribution < -0.4 is 0 Å². The van der Waals surface area contributed by atoms with Crippen molar-refractivity contribution in [2.45, 2.75) is 13.0 Å². The van der Waals surface area contributed by atoms with Crippen molar-refractivity contribution >= 4 is 21.8 Å². The molecule has 1 nitrogen and oxygen atoms in total. The number of para-hydroxylation sites is 2. The van der Waals surface area contributed by atoms with Gasteiger partial charge in [0.1, 0.15) is 0 Å². The van der Waals surface area contributed by atoms with E-state index in [1.165, 1.54) is 21.8 Å². The SMILES string of the molecule is C=CC(=C)C(=C)CCn1c2ccccc2c2ccccc21. The van der Waals surface area contributed by atoms with Crippen molar-refractivity contribution in [2.75, 3.05) is 0 Å². The average Bonchev–Trinajstić information content (AvgIpc) is 2.86. The number of rotatable bonds is 5. The van der Waals surface area contributed by atoms with Crippen LogP contribution >= 0.6 is 0 Å². The second kappa shape index (κ2) is 5.45. The summed E-state index contributed by atoms with van der Waals surface area (Å²) < 4.78 is 2.37. The van der Waals surface area contributed by atoms with Crippen LogP contribution in [-0.2, 0) is 6.54 Å². The fraction of sp³-hybridized carbons (Fsp3) is 0.100. The van der Waals surface area contributed by atoms with Crippen molar-refractivity contribution in [3.05, 3.63) is 85.5 Å². The predicted molar refractivity (Wildman–Crippen MR) is 92.5 cm³/mol. The van der Waals surface area contributed by atoms with Crippen molar-refractivity contribution in [1.82, 2.24) is 4.57 Å². The number of hydrogen-bond donors (Lipinski definition) is 0. The van der Waals surface area contributed by atoms with E-state index >= 15 is 0 Å². The minimum Gasteiger partial charge on any atom is -0.340 e. The molecule has 21 heavy (non-hydrogen) atoms. The minimum atomic E-state index is 0.882. The van der Waals surface area contributed by atoms with Crippen LogP contribution in [0.2, 0.25) is 0 Å². The summed E-state index contributed by atoms with van der Waals surface area (Å²) in [5.74, 6) is 0. The first kappa shape index (κ1) is 13.4. The molecule has 0 saturated carbocycles. The molecule has 104 valence electrons. The van der Waals surface area contributed by atoms with Gasteiger partial charge < -0.3 is 4.57 Å². The maximum Gasteiger partial charge on any atom is 0.0491 e. The van der Waals surface area contributed by atoms with Crippen LogP contribution in [0.3, 0.4) is 0 Å². The third-order valence-electron chi connectivity index (χ3n) is 4.02. The summed E-state index contributed by atoms with van der Waals surface area (Å²) in [5, 5.41) is 2.61. The highest BCUT2D eigenvalue weighted by Crippen LogP contribution is 2.29. The van der Waals surface area contributed by atoms with Gasteiger partial charge in [-0.15, -0.1) is 0 Å². The number of aryl methyl sites for hydroxylation is 1. The van der Waals surface area contributed by atoms with Crippen LogP contribution in [0.1, 0.15) is 6.42 Å². The molecule has 1 heteroatoms.